The minimum Gasteiger partial charge on any atom is -0.388 e. The van der Waals surface area contributed by atoms with Gasteiger partial charge in [0.25, 0.3) is 0 Å². The summed E-state index contributed by atoms with van der Waals surface area (Å²) in [5, 5.41) is 28.6. The molecule has 0 saturated carbocycles. The van der Waals surface area contributed by atoms with Crippen molar-refractivity contribution in [2.45, 2.75) is 68.9 Å². The van der Waals surface area contributed by atoms with Crippen LogP contribution in [-0.2, 0) is 30.5 Å². The van der Waals surface area contributed by atoms with Crippen molar-refractivity contribution in [1.82, 2.24) is 25.3 Å². The zero-order chi connectivity index (χ0) is 26.3. The van der Waals surface area contributed by atoms with Crippen LogP contribution in [0.15, 0.2) is 17.5 Å². The lowest BCUT2D eigenvalue weighted by Crippen LogP contribution is -2.63. The van der Waals surface area contributed by atoms with E-state index in [1.165, 1.54) is 11.8 Å². The van der Waals surface area contributed by atoms with Gasteiger partial charge in [-0.25, -0.2) is 0 Å². The molecule has 6 bridgehead atoms. The van der Waals surface area contributed by atoms with Gasteiger partial charge in [0.15, 0.2) is 0 Å². The first-order chi connectivity index (χ1) is 17.7. The Morgan fingerprint density at radius 3 is 2.65 bits per heavy atom. The van der Waals surface area contributed by atoms with Gasteiger partial charge in [-0.2, -0.15) is 0 Å². The maximum atomic E-state index is 13.8. The number of fused-ring (bicyclic) bond motifs is 6. The summed E-state index contributed by atoms with van der Waals surface area (Å²) < 4.78 is 5.74. The zero-order valence-corrected chi connectivity index (χ0v) is 21.4. The number of carbonyl (C=O) groups excluding carboxylic acids is 4. The predicted molar refractivity (Wildman–Crippen MR) is 131 cm³/mol. The molecular formula is C24H33N5O7S. The first-order valence-electron chi connectivity index (χ1n) is 12.6. The number of rotatable bonds is 2. The van der Waals surface area contributed by atoms with Gasteiger partial charge in [0.1, 0.15) is 24.4 Å². The molecule has 4 amide bonds. The quantitative estimate of drug-likeness (QED) is 0.336. The summed E-state index contributed by atoms with van der Waals surface area (Å²) in [6.07, 6.45) is -4.15. The Bertz CT molecular complexity index is 1040. The lowest BCUT2D eigenvalue weighted by atomic mass is 10.0. The number of aliphatic hydroxyl groups is 2. The fourth-order valence-corrected chi connectivity index (χ4v) is 6.52. The number of hydrogen-bond acceptors (Lipinski definition) is 9. The van der Waals surface area contributed by atoms with Crippen molar-refractivity contribution in [3.63, 3.8) is 0 Å². The lowest BCUT2D eigenvalue weighted by molar-refractivity contribution is -0.149. The highest BCUT2D eigenvalue weighted by Gasteiger charge is 2.46. The zero-order valence-electron chi connectivity index (χ0n) is 20.6. The van der Waals surface area contributed by atoms with Crippen LogP contribution in [0.1, 0.15) is 24.6 Å². The number of hydrogen-bond donors (Lipinski definition) is 4. The highest BCUT2D eigenvalue weighted by Crippen LogP contribution is 2.27. The minimum atomic E-state index is -1.28. The molecule has 7 atom stereocenters. The minimum absolute atomic E-state index is 0.0456. The van der Waals surface area contributed by atoms with Gasteiger partial charge in [-0.3, -0.25) is 24.1 Å². The molecule has 37 heavy (non-hydrogen) atoms. The van der Waals surface area contributed by atoms with Crippen molar-refractivity contribution in [2.24, 2.45) is 0 Å². The van der Waals surface area contributed by atoms with Gasteiger partial charge in [-0.05, 0) is 17.9 Å². The first kappa shape index (κ1) is 26.0. The number of piperazine rings is 1. The van der Waals surface area contributed by atoms with Crippen LogP contribution in [0.4, 0.5) is 0 Å². The van der Waals surface area contributed by atoms with Gasteiger partial charge in [0, 0.05) is 50.6 Å². The molecule has 5 heterocycles. The van der Waals surface area contributed by atoms with Gasteiger partial charge >= 0.3 is 0 Å². The van der Waals surface area contributed by atoms with Gasteiger partial charge in [0.2, 0.25) is 23.6 Å². The third kappa shape index (κ3) is 5.36. The number of aliphatic hydroxyl groups excluding tert-OH is 2. The van der Waals surface area contributed by atoms with E-state index in [1.54, 1.807) is 16.2 Å². The normalized spacial score (nSPS) is 35.4. The summed E-state index contributed by atoms with van der Waals surface area (Å²) in [6, 6.07) is 2.29. The molecule has 202 valence electrons. The second-order valence-corrected chi connectivity index (χ2v) is 11.2. The summed E-state index contributed by atoms with van der Waals surface area (Å²) in [7, 11) is 0. The topological polar surface area (TPSA) is 152 Å². The van der Waals surface area contributed by atoms with Crippen LogP contribution in [0, 0.1) is 0 Å². The van der Waals surface area contributed by atoms with E-state index in [4.69, 9.17) is 4.74 Å². The Labute approximate surface area is 218 Å². The van der Waals surface area contributed by atoms with Crippen molar-refractivity contribution >= 4 is 35.0 Å². The molecule has 1 aromatic rings. The summed E-state index contributed by atoms with van der Waals surface area (Å²) in [6.45, 7) is 2.88. The summed E-state index contributed by atoms with van der Waals surface area (Å²) in [5.74, 6) is -1.20. The first-order valence-corrected chi connectivity index (χ1v) is 13.5. The van der Waals surface area contributed by atoms with Crippen LogP contribution >= 0.6 is 11.3 Å². The fourth-order valence-electron chi connectivity index (χ4n) is 5.79. The summed E-state index contributed by atoms with van der Waals surface area (Å²) >= 11 is 1.59. The Kier molecular flexibility index (Phi) is 7.50. The summed E-state index contributed by atoms with van der Waals surface area (Å²) in [4.78, 5) is 58.3. The van der Waals surface area contributed by atoms with Crippen molar-refractivity contribution in [2.75, 3.05) is 32.7 Å². The van der Waals surface area contributed by atoms with Gasteiger partial charge in [-0.15, -0.1) is 11.3 Å². The van der Waals surface area contributed by atoms with E-state index in [0.717, 1.165) is 4.88 Å². The molecule has 0 spiro atoms. The lowest BCUT2D eigenvalue weighted by Gasteiger charge is -2.41. The van der Waals surface area contributed by atoms with Gasteiger partial charge < -0.3 is 35.4 Å². The molecule has 0 unspecified atom stereocenters. The van der Waals surface area contributed by atoms with Crippen molar-refractivity contribution in [1.29, 1.82) is 0 Å². The Morgan fingerprint density at radius 1 is 1.14 bits per heavy atom. The van der Waals surface area contributed by atoms with E-state index < -0.39 is 42.4 Å². The average Bonchev–Trinajstić information content (AvgIpc) is 3.58. The van der Waals surface area contributed by atoms with Crippen LogP contribution in [0.5, 0.6) is 0 Å². The number of carbonyl (C=O) groups is 4. The third-order valence-electron chi connectivity index (χ3n) is 7.72. The largest absolute Gasteiger partial charge is 0.388 e. The molecule has 0 radical (unpaired) electrons. The fraction of sp³-hybridized carbons (Fsp3) is 0.667. The van der Waals surface area contributed by atoms with E-state index >= 15 is 0 Å². The van der Waals surface area contributed by atoms with Crippen molar-refractivity contribution in [3.8, 4) is 0 Å². The number of nitrogens with zero attached hydrogens (tertiary/aromatic N) is 3. The molecule has 4 N–H and O–H groups in total. The monoisotopic (exact) mass is 535 g/mol. The van der Waals surface area contributed by atoms with E-state index in [0.29, 0.717) is 26.1 Å². The second-order valence-electron chi connectivity index (χ2n) is 10.2. The van der Waals surface area contributed by atoms with Gasteiger partial charge in [-0.1, -0.05) is 6.07 Å². The van der Waals surface area contributed by atoms with E-state index in [9.17, 15) is 29.4 Å². The standard InChI is InChI=1S/C24H33N5O7S/c1-13(30)29-5-4-27-12-17(29)23(34)25-9-19-22(33)21(32)18(36-19)8-20(31)26-14-7-16(24(27)35)28(10-14)11-15-3-2-6-37-15/h2-3,6,14,16-19,21-22,32-33H,4-5,7-12H2,1H3,(H,25,34)(H,26,31)/t14-,16-,17-,18-,19+,21-,22+/m0/s1. The number of ether oxygens (including phenoxy) is 1. The molecule has 4 aliphatic rings. The molecule has 5 rings (SSSR count). The average molecular weight is 536 g/mol. The maximum Gasteiger partial charge on any atom is 0.244 e. The summed E-state index contributed by atoms with van der Waals surface area (Å²) in [5.41, 5.74) is 0. The Morgan fingerprint density at radius 2 is 1.92 bits per heavy atom. The molecule has 13 heteroatoms. The highest BCUT2D eigenvalue weighted by molar-refractivity contribution is 7.09. The molecule has 4 saturated heterocycles. The van der Waals surface area contributed by atoms with Crippen molar-refractivity contribution < 1.29 is 34.1 Å². The number of thiophene rings is 1. The molecule has 4 aliphatic heterocycles. The number of nitrogens with one attached hydrogen (secondary N) is 2. The smallest absolute Gasteiger partial charge is 0.244 e. The van der Waals surface area contributed by atoms with Crippen molar-refractivity contribution in [3.05, 3.63) is 22.4 Å². The van der Waals surface area contributed by atoms with Crippen LogP contribution < -0.4 is 10.6 Å². The molecule has 1 aromatic heterocycles. The SMILES string of the molecule is CC(=O)N1CCN2C[C@H]1C(=O)NC[C@H]1O[C@@H](CC(=O)N[C@H]3C[C@@H](C2=O)N(Cc2cccs2)C3)[C@H](O)[C@@H]1O. The highest BCUT2D eigenvalue weighted by atomic mass is 32.1. The van der Waals surface area contributed by atoms with Crippen LogP contribution in [0.25, 0.3) is 0 Å². The van der Waals surface area contributed by atoms with E-state index in [2.05, 4.69) is 10.6 Å². The Balaban J connectivity index is 1.42. The third-order valence-corrected chi connectivity index (χ3v) is 8.58. The van der Waals surface area contributed by atoms with E-state index in [-0.39, 0.29) is 49.8 Å². The second kappa shape index (κ2) is 10.7. The molecule has 0 aliphatic carbocycles. The molecule has 12 nitrogen and oxygen atoms in total. The number of amides is 4. The van der Waals surface area contributed by atoms with Crippen LogP contribution in [0.3, 0.4) is 0 Å². The van der Waals surface area contributed by atoms with Crippen LogP contribution in [0.2, 0.25) is 0 Å². The number of likely N-dealkylation sites (tertiary alicyclic amines) is 1. The Hall–Kier alpha value is -2.58. The predicted octanol–water partition coefficient (Wildman–Crippen LogP) is -2.12. The maximum absolute atomic E-state index is 13.8. The molecule has 0 aromatic carbocycles. The van der Waals surface area contributed by atoms with Gasteiger partial charge in [0.05, 0.1) is 25.1 Å². The molecule has 4 fully saturated rings. The van der Waals surface area contributed by atoms with Crippen LogP contribution in [-0.4, -0.2) is 124 Å². The van der Waals surface area contributed by atoms with E-state index in [1.807, 2.05) is 22.4 Å². The molecular weight excluding hydrogens is 502 g/mol.